The van der Waals surface area contributed by atoms with Crippen LogP contribution in [-0.2, 0) is 13.2 Å². The van der Waals surface area contributed by atoms with Gasteiger partial charge in [0.05, 0.1) is 12.1 Å². The Morgan fingerprint density at radius 1 is 1.25 bits per heavy atom. The van der Waals surface area contributed by atoms with E-state index < -0.39 is 0 Å². The average Bonchev–Trinajstić information content (AvgIpc) is 3.13. The minimum absolute atomic E-state index is 0.507. The summed E-state index contributed by atoms with van der Waals surface area (Å²) in [6.07, 6.45) is 6.57. The zero-order chi connectivity index (χ0) is 16.8. The summed E-state index contributed by atoms with van der Waals surface area (Å²) in [5, 5.41) is 6.28. The van der Waals surface area contributed by atoms with E-state index in [9.17, 15) is 0 Å². The summed E-state index contributed by atoms with van der Waals surface area (Å²) < 4.78 is 11.4. The van der Waals surface area contributed by atoms with Crippen LogP contribution in [0.4, 0.5) is 0 Å². The molecule has 0 unspecified atom stereocenters. The van der Waals surface area contributed by atoms with Gasteiger partial charge in [-0.25, -0.2) is 0 Å². The number of nitrogens with one attached hydrogen (secondary N) is 1. The maximum atomic E-state index is 6.45. The van der Waals surface area contributed by atoms with Gasteiger partial charge in [0.1, 0.15) is 6.61 Å². The van der Waals surface area contributed by atoms with Gasteiger partial charge in [0.2, 0.25) is 0 Å². The molecule has 0 amide bonds. The van der Waals surface area contributed by atoms with Gasteiger partial charge < -0.3 is 14.8 Å². The maximum Gasteiger partial charge on any atom is 0.180 e. The number of thiophene rings is 1. The normalized spacial score (nSPS) is 15.4. The van der Waals surface area contributed by atoms with E-state index in [1.807, 2.05) is 29.6 Å². The molecule has 1 N–H and O–H groups in total. The molecule has 1 aliphatic rings. The summed E-state index contributed by atoms with van der Waals surface area (Å²) in [6, 6.07) is 8.68. The number of rotatable bonds is 7. The molecule has 5 heteroatoms. The van der Waals surface area contributed by atoms with Crippen LogP contribution in [0.1, 0.15) is 42.5 Å². The first-order valence-corrected chi connectivity index (χ1v) is 9.77. The molecule has 24 heavy (non-hydrogen) atoms. The minimum Gasteiger partial charge on any atom is -0.493 e. The number of hydrogen-bond acceptors (Lipinski definition) is 4. The van der Waals surface area contributed by atoms with Crippen LogP contribution >= 0.6 is 22.9 Å². The van der Waals surface area contributed by atoms with Gasteiger partial charge in [0, 0.05) is 17.5 Å². The van der Waals surface area contributed by atoms with Gasteiger partial charge in [0.15, 0.2) is 11.5 Å². The van der Waals surface area contributed by atoms with Crippen molar-refractivity contribution in [3.05, 3.63) is 45.1 Å². The first kappa shape index (κ1) is 17.6. The predicted molar refractivity (Wildman–Crippen MR) is 100 cm³/mol. The van der Waals surface area contributed by atoms with Gasteiger partial charge in [0.25, 0.3) is 0 Å². The number of hydrogen-bond donors (Lipinski definition) is 1. The molecule has 130 valence electrons. The quantitative estimate of drug-likeness (QED) is 0.711. The van der Waals surface area contributed by atoms with E-state index in [4.69, 9.17) is 21.1 Å². The SMILES string of the molecule is COc1cc(CNC2CCCCC2)cc(Cl)c1OCc1cccs1. The Labute approximate surface area is 152 Å². The molecule has 0 aliphatic heterocycles. The second-order valence-electron chi connectivity index (χ2n) is 6.19. The van der Waals surface area contributed by atoms with Crippen molar-refractivity contribution in [1.29, 1.82) is 0 Å². The smallest absolute Gasteiger partial charge is 0.180 e. The van der Waals surface area contributed by atoms with Crippen LogP contribution in [0.2, 0.25) is 5.02 Å². The fourth-order valence-corrected chi connectivity index (χ4v) is 4.03. The van der Waals surface area contributed by atoms with Crippen molar-refractivity contribution in [1.82, 2.24) is 5.32 Å². The maximum absolute atomic E-state index is 6.45. The summed E-state index contributed by atoms with van der Waals surface area (Å²) in [4.78, 5) is 1.16. The van der Waals surface area contributed by atoms with Crippen molar-refractivity contribution in [2.45, 2.75) is 51.3 Å². The number of methoxy groups -OCH3 is 1. The molecular formula is C19H24ClNO2S. The van der Waals surface area contributed by atoms with Gasteiger partial charge >= 0.3 is 0 Å². The Balaban J connectivity index is 1.64. The standard InChI is InChI=1S/C19H24ClNO2S/c1-22-18-11-14(12-21-15-6-3-2-4-7-15)10-17(20)19(18)23-13-16-8-5-9-24-16/h5,8-11,15,21H,2-4,6-7,12-13H2,1H3. The molecule has 0 spiro atoms. The van der Waals surface area contributed by atoms with Crippen LogP contribution in [0, 0.1) is 0 Å². The van der Waals surface area contributed by atoms with E-state index in [0.717, 1.165) is 17.0 Å². The summed E-state index contributed by atoms with van der Waals surface area (Å²) in [5.41, 5.74) is 1.13. The molecule has 1 saturated carbocycles. The fourth-order valence-electron chi connectivity index (χ4n) is 3.12. The highest BCUT2D eigenvalue weighted by molar-refractivity contribution is 7.09. The molecular weight excluding hydrogens is 342 g/mol. The molecule has 3 rings (SSSR count). The third-order valence-electron chi connectivity index (χ3n) is 4.43. The van der Waals surface area contributed by atoms with Crippen LogP contribution in [0.5, 0.6) is 11.5 Å². The lowest BCUT2D eigenvalue weighted by Crippen LogP contribution is -2.30. The zero-order valence-electron chi connectivity index (χ0n) is 14.0. The Morgan fingerprint density at radius 3 is 2.79 bits per heavy atom. The van der Waals surface area contributed by atoms with Crippen LogP contribution in [0.3, 0.4) is 0 Å². The van der Waals surface area contributed by atoms with E-state index in [1.165, 1.54) is 32.1 Å². The summed E-state index contributed by atoms with van der Waals surface area (Å²) in [5.74, 6) is 1.31. The van der Waals surface area contributed by atoms with Gasteiger partial charge in [-0.05, 0) is 42.0 Å². The highest BCUT2D eigenvalue weighted by atomic mass is 35.5. The molecule has 0 atom stereocenters. The summed E-state index contributed by atoms with van der Waals surface area (Å²) in [6.45, 7) is 1.32. The second-order valence-corrected chi connectivity index (χ2v) is 7.63. The summed E-state index contributed by atoms with van der Waals surface area (Å²) in [7, 11) is 1.65. The molecule has 1 heterocycles. The van der Waals surface area contributed by atoms with E-state index in [1.54, 1.807) is 18.4 Å². The first-order chi connectivity index (χ1) is 11.8. The van der Waals surface area contributed by atoms with Crippen molar-refractivity contribution >= 4 is 22.9 Å². The number of ether oxygens (including phenoxy) is 2. The van der Waals surface area contributed by atoms with E-state index >= 15 is 0 Å². The zero-order valence-corrected chi connectivity index (χ0v) is 15.6. The predicted octanol–water partition coefficient (Wildman–Crippen LogP) is 5.41. The monoisotopic (exact) mass is 365 g/mol. The molecule has 1 aromatic heterocycles. The van der Waals surface area contributed by atoms with E-state index in [0.29, 0.717) is 29.2 Å². The fraction of sp³-hybridized carbons (Fsp3) is 0.474. The minimum atomic E-state index is 0.507. The number of benzene rings is 1. The molecule has 3 nitrogen and oxygen atoms in total. The molecule has 1 fully saturated rings. The van der Waals surface area contributed by atoms with Crippen molar-refractivity contribution in [3.8, 4) is 11.5 Å². The van der Waals surface area contributed by atoms with Gasteiger partial charge in [-0.15, -0.1) is 11.3 Å². The molecule has 0 radical (unpaired) electrons. The Bertz CT molecular complexity index is 639. The third-order valence-corrected chi connectivity index (χ3v) is 5.56. The van der Waals surface area contributed by atoms with Gasteiger partial charge in [-0.3, -0.25) is 0 Å². The molecule has 0 saturated heterocycles. The van der Waals surface area contributed by atoms with Crippen LogP contribution in [0.25, 0.3) is 0 Å². The Morgan fingerprint density at radius 2 is 2.08 bits per heavy atom. The van der Waals surface area contributed by atoms with Crippen molar-refractivity contribution < 1.29 is 9.47 Å². The molecule has 1 aromatic carbocycles. The molecule has 0 bridgehead atoms. The second kappa shape index (κ2) is 8.75. The van der Waals surface area contributed by atoms with Crippen LogP contribution in [-0.4, -0.2) is 13.2 Å². The third kappa shape index (κ3) is 4.65. The Hall–Kier alpha value is -1.23. The van der Waals surface area contributed by atoms with Crippen LogP contribution < -0.4 is 14.8 Å². The van der Waals surface area contributed by atoms with E-state index in [-0.39, 0.29) is 0 Å². The first-order valence-electron chi connectivity index (χ1n) is 8.51. The van der Waals surface area contributed by atoms with Gasteiger partial charge in [-0.1, -0.05) is 36.9 Å². The van der Waals surface area contributed by atoms with Crippen LogP contribution in [0.15, 0.2) is 29.6 Å². The lowest BCUT2D eigenvalue weighted by molar-refractivity contribution is 0.287. The average molecular weight is 366 g/mol. The molecule has 1 aliphatic carbocycles. The topological polar surface area (TPSA) is 30.5 Å². The highest BCUT2D eigenvalue weighted by Crippen LogP contribution is 2.37. The largest absolute Gasteiger partial charge is 0.493 e. The van der Waals surface area contributed by atoms with E-state index in [2.05, 4.69) is 5.32 Å². The number of halogens is 1. The van der Waals surface area contributed by atoms with Crippen molar-refractivity contribution in [3.63, 3.8) is 0 Å². The Kier molecular flexibility index (Phi) is 6.41. The highest BCUT2D eigenvalue weighted by Gasteiger charge is 2.15. The lowest BCUT2D eigenvalue weighted by atomic mass is 9.95. The lowest BCUT2D eigenvalue weighted by Gasteiger charge is -2.23. The van der Waals surface area contributed by atoms with Crippen molar-refractivity contribution in [2.24, 2.45) is 0 Å². The molecule has 2 aromatic rings. The summed E-state index contributed by atoms with van der Waals surface area (Å²) >= 11 is 8.12. The van der Waals surface area contributed by atoms with Crippen molar-refractivity contribution in [2.75, 3.05) is 7.11 Å². The van der Waals surface area contributed by atoms with Gasteiger partial charge in [-0.2, -0.15) is 0 Å².